The molecule has 36 heavy (non-hydrogen) atoms. The van der Waals surface area contributed by atoms with E-state index in [1.807, 2.05) is 6.92 Å². The van der Waals surface area contributed by atoms with Crippen molar-refractivity contribution in [2.75, 3.05) is 0 Å². The summed E-state index contributed by atoms with van der Waals surface area (Å²) in [6.45, 7) is 2.79. The van der Waals surface area contributed by atoms with Gasteiger partial charge in [0, 0.05) is 34.0 Å². The summed E-state index contributed by atoms with van der Waals surface area (Å²) in [7, 11) is -4.42. The Bertz CT molecular complexity index is 1420. The van der Waals surface area contributed by atoms with Crippen molar-refractivity contribution in [2.45, 2.75) is 74.4 Å². The van der Waals surface area contributed by atoms with E-state index in [1.165, 1.54) is 12.1 Å². The van der Waals surface area contributed by atoms with E-state index in [1.54, 1.807) is 4.72 Å². The number of nitrogens with zero attached hydrogens (tertiary/aromatic N) is 3. The Hall–Kier alpha value is -2.42. The molecule has 11 heteroatoms. The third-order valence-electron chi connectivity index (χ3n) is 6.77. The number of rotatable bonds is 7. The molecule has 2 aromatic heterocycles. The molecule has 1 aliphatic rings. The summed E-state index contributed by atoms with van der Waals surface area (Å²) in [6.07, 6.45) is 0.640. The van der Waals surface area contributed by atoms with Gasteiger partial charge in [0.05, 0.1) is 23.9 Å². The Kier molecular flexibility index (Phi) is 7.51. The van der Waals surface area contributed by atoms with Gasteiger partial charge >= 0.3 is 6.18 Å². The van der Waals surface area contributed by atoms with Crippen molar-refractivity contribution in [1.82, 2.24) is 14.3 Å². The molecule has 192 valence electrons. The fourth-order valence-corrected chi connectivity index (χ4v) is 6.62. The number of hydrogen-bond donors (Lipinski definition) is 1. The molecule has 1 aliphatic carbocycles. The first kappa shape index (κ1) is 26.6. The third-order valence-corrected chi connectivity index (χ3v) is 8.90. The SMILES string of the molecule is Cc1cc2c(cc1CBr)c(CC#N)c(-c1ccc(S(=O)(=O)NC(C)C(F)(F)F)cn1)n2C1CCCC1. The highest BCUT2D eigenvalue weighted by Crippen LogP contribution is 2.42. The molecule has 4 rings (SSSR count). The van der Waals surface area contributed by atoms with Crippen LogP contribution in [0.25, 0.3) is 22.3 Å². The van der Waals surface area contributed by atoms with Gasteiger partial charge in [0.15, 0.2) is 0 Å². The Morgan fingerprint density at radius 2 is 1.97 bits per heavy atom. The Labute approximate surface area is 216 Å². The van der Waals surface area contributed by atoms with Crippen molar-refractivity contribution < 1.29 is 21.6 Å². The molecule has 0 amide bonds. The molecule has 6 nitrogen and oxygen atoms in total. The molecular weight excluding hydrogens is 557 g/mol. The summed E-state index contributed by atoms with van der Waals surface area (Å²) in [5.41, 5.74) is 5.27. The van der Waals surface area contributed by atoms with Crippen LogP contribution in [0.3, 0.4) is 0 Å². The van der Waals surface area contributed by atoms with Crippen molar-refractivity contribution in [2.24, 2.45) is 0 Å². The summed E-state index contributed by atoms with van der Waals surface area (Å²) in [5, 5.41) is 11.3. The monoisotopic (exact) mass is 582 g/mol. The number of pyridine rings is 1. The van der Waals surface area contributed by atoms with Gasteiger partial charge in [0.25, 0.3) is 0 Å². The van der Waals surface area contributed by atoms with Gasteiger partial charge in [-0.25, -0.2) is 8.42 Å². The van der Waals surface area contributed by atoms with Gasteiger partial charge in [-0.15, -0.1) is 0 Å². The smallest absolute Gasteiger partial charge is 0.336 e. The van der Waals surface area contributed by atoms with Gasteiger partial charge < -0.3 is 4.57 Å². The fraction of sp³-hybridized carbons (Fsp3) is 0.440. The van der Waals surface area contributed by atoms with Gasteiger partial charge in [0.2, 0.25) is 10.0 Å². The average molecular weight is 583 g/mol. The van der Waals surface area contributed by atoms with Crippen LogP contribution in [-0.4, -0.2) is 30.2 Å². The van der Waals surface area contributed by atoms with Crippen molar-refractivity contribution in [3.63, 3.8) is 0 Å². The Morgan fingerprint density at radius 3 is 2.53 bits per heavy atom. The Balaban J connectivity index is 1.87. The minimum atomic E-state index is -4.71. The fourth-order valence-electron chi connectivity index (χ4n) is 4.84. The number of alkyl halides is 4. The molecule has 3 aromatic rings. The highest BCUT2D eigenvalue weighted by molar-refractivity contribution is 9.08. The molecule has 1 aromatic carbocycles. The van der Waals surface area contributed by atoms with Crippen LogP contribution in [0, 0.1) is 18.3 Å². The number of benzene rings is 1. The van der Waals surface area contributed by atoms with E-state index in [2.05, 4.69) is 43.7 Å². The van der Waals surface area contributed by atoms with Crippen LogP contribution >= 0.6 is 15.9 Å². The summed E-state index contributed by atoms with van der Waals surface area (Å²) in [5.74, 6) is 0. The van der Waals surface area contributed by atoms with E-state index in [4.69, 9.17) is 0 Å². The highest BCUT2D eigenvalue weighted by Gasteiger charge is 2.39. The lowest BCUT2D eigenvalue weighted by molar-refractivity contribution is -0.147. The maximum absolute atomic E-state index is 12.9. The van der Waals surface area contributed by atoms with Crippen LogP contribution in [-0.2, 0) is 21.8 Å². The van der Waals surface area contributed by atoms with Crippen LogP contribution in [0.4, 0.5) is 13.2 Å². The molecule has 0 saturated heterocycles. The molecule has 2 heterocycles. The number of sulfonamides is 1. The second-order valence-electron chi connectivity index (χ2n) is 9.16. The normalized spacial score (nSPS) is 15.9. The van der Waals surface area contributed by atoms with Gasteiger partial charge in [-0.3, -0.25) is 4.98 Å². The molecule has 1 atom stereocenters. The lowest BCUT2D eigenvalue weighted by Crippen LogP contribution is -2.42. The molecule has 0 radical (unpaired) electrons. The minimum Gasteiger partial charge on any atom is -0.336 e. The summed E-state index contributed by atoms with van der Waals surface area (Å²) >= 11 is 3.53. The topological polar surface area (TPSA) is 87.8 Å². The van der Waals surface area contributed by atoms with Gasteiger partial charge in [-0.1, -0.05) is 28.8 Å². The predicted octanol–water partition coefficient (Wildman–Crippen LogP) is 6.32. The van der Waals surface area contributed by atoms with Crippen LogP contribution in [0.2, 0.25) is 0 Å². The van der Waals surface area contributed by atoms with E-state index in [0.717, 1.165) is 72.1 Å². The maximum atomic E-state index is 12.9. The van der Waals surface area contributed by atoms with Crippen molar-refractivity contribution in [3.05, 3.63) is 47.2 Å². The molecule has 1 fully saturated rings. The van der Waals surface area contributed by atoms with E-state index >= 15 is 0 Å². The number of halogens is 4. The van der Waals surface area contributed by atoms with Gasteiger partial charge in [-0.05, 0) is 62.1 Å². The summed E-state index contributed by atoms with van der Waals surface area (Å²) < 4.78 is 67.6. The molecule has 1 unspecified atom stereocenters. The number of aromatic nitrogens is 2. The van der Waals surface area contributed by atoms with Crippen molar-refractivity contribution in [1.29, 1.82) is 5.26 Å². The van der Waals surface area contributed by atoms with Crippen LogP contribution in [0.15, 0.2) is 35.4 Å². The average Bonchev–Trinajstić information content (AvgIpc) is 3.44. The van der Waals surface area contributed by atoms with Crippen LogP contribution < -0.4 is 4.72 Å². The van der Waals surface area contributed by atoms with Crippen molar-refractivity contribution >= 4 is 36.9 Å². The third kappa shape index (κ3) is 5.04. The van der Waals surface area contributed by atoms with E-state index in [-0.39, 0.29) is 17.4 Å². The lowest BCUT2D eigenvalue weighted by Gasteiger charge is -2.19. The van der Waals surface area contributed by atoms with Gasteiger partial charge in [-0.2, -0.15) is 23.2 Å². The number of nitriles is 1. The molecule has 1 N–H and O–H groups in total. The van der Waals surface area contributed by atoms with E-state index in [9.17, 15) is 26.9 Å². The van der Waals surface area contributed by atoms with Crippen molar-refractivity contribution in [3.8, 4) is 17.5 Å². The molecule has 0 aliphatic heterocycles. The second-order valence-corrected chi connectivity index (χ2v) is 11.4. The first-order valence-electron chi connectivity index (χ1n) is 11.6. The lowest BCUT2D eigenvalue weighted by atomic mass is 10.0. The first-order chi connectivity index (χ1) is 17.0. The molecule has 1 saturated carbocycles. The quantitative estimate of drug-likeness (QED) is 0.330. The molecule has 0 spiro atoms. The van der Waals surface area contributed by atoms with Gasteiger partial charge in [0.1, 0.15) is 10.9 Å². The standard InChI is InChI=1S/C25H26BrF3N4O2S/c1-15-11-23-21(12-17(15)13-26)20(9-10-30)24(33(23)18-5-3-4-6-18)22-8-7-19(14-31-22)36(34,35)32-16(2)25(27,28)29/h7-8,11-12,14,16,18,32H,3-6,9,13H2,1-2H3. The zero-order valence-corrected chi connectivity index (χ0v) is 22.3. The summed E-state index contributed by atoms with van der Waals surface area (Å²) in [4.78, 5) is 4.02. The largest absolute Gasteiger partial charge is 0.404 e. The van der Waals surface area contributed by atoms with E-state index < -0.39 is 22.2 Å². The molecule has 0 bridgehead atoms. The minimum absolute atomic E-state index is 0.142. The maximum Gasteiger partial charge on any atom is 0.404 e. The number of fused-ring (bicyclic) bond motifs is 1. The number of hydrogen-bond acceptors (Lipinski definition) is 4. The zero-order chi connectivity index (χ0) is 26.3. The first-order valence-corrected chi connectivity index (χ1v) is 14.2. The second kappa shape index (κ2) is 10.1. The molecular formula is C25H26BrF3N4O2S. The zero-order valence-electron chi connectivity index (χ0n) is 19.9. The van der Waals surface area contributed by atoms with E-state index in [0.29, 0.717) is 11.0 Å². The van der Waals surface area contributed by atoms with Crippen LogP contribution in [0.5, 0.6) is 0 Å². The summed E-state index contributed by atoms with van der Waals surface area (Å²) in [6, 6.07) is 7.20. The Morgan fingerprint density at radius 1 is 1.28 bits per heavy atom. The predicted molar refractivity (Wildman–Crippen MR) is 135 cm³/mol. The van der Waals surface area contributed by atoms with Crippen LogP contribution in [0.1, 0.15) is 55.3 Å². The number of nitrogens with one attached hydrogen (secondary N) is 1. The highest BCUT2D eigenvalue weighted by atomic mass is 79.9. The number of aryl methyl sites for hydroxylation is 1.